The number of para-hydroxylation sites is 1. The Morgan fingerprint density at radius 2 is 1.84 bits per heavy atom. The fourth-order valence-electron chi connectivity index (χ4n) is 2.85. The molecule has 0 atom stereocenters. The van der Waals surface area contributed by atoms with Gasteiger partial charge in [0.25, 0.3) is 0 Å². The van der Waals surface area contributed by atoms with Crippen LogP contribution in [-0.4, -0.2) is 22.6 Å². The number of nitrogens with zero attached hydrogens (tertiary/aromatic N) is 2. The summed E-state index contributed by atoms with van der Waals surface area (Å²) in [7, 11) is 1.85. The fraction of sp³-hybridized carbons (Fsp3) is 0.467. The van der Waals surface area contributed by atoms with Gasteiger partial charge in [0.2, 0.25) is 5.95 Å². The van der Waals surface area contributed by atoms with Crippen LogP contribution in [0.1, 0.15) is 32.6 Å². The van der Waals surface area contributed by atoms with Crippen molar-refractivity contribution in [3.8, 4) is 0 Å². The van der Waals surface area contributed by atoms with Gasteiger partial charge in [-0.2, -0.15) is 4.98 Å². The van der Waals surface area contributed by atoms with E-state index >= 15 is 0 Å². The summed E-state index contributed by atoms with van der Waals surface area (Å²) in [6.45, 7) is 2.29. The molecule has 1 aromatic heterocycles. The second kappa shape index (κ2) is 4.68. The van der Waals surface area contributed by atoms with Crippen LogP contribution in [0.2, 0.25) is 0 Å². The molecular formula is C15H20N4. The molecule has 1 heterocycles. The number of hydrogen-bond donors (Lipinski definition) is 2. The van der Waals surface area contributed by atoms with Gasteiger partial charge in [-0.25, -0.2) is 4.98 Å². The highest BCUT2D eigenvalue weighted by Gasteiger charge is 2.29. The molecule has 100 valence electrons. The van der Waals surface area contributed by atoms with E-state index in [1.807, 2.05) is 25.2 Å². The van der Waals surface area contributed by atoms with Crippen molar-refractivity contribution in [3.05, 3.63) is 24.3 Å². The maximum atomic E-state index is 4.59. The van der Waals surface area contributed by atoms with Crippen LogP contribution in [0.5, 0.6) is 0 Å². The SMILES string of the molecule is CNc1nc(NC2(C)CCCC2)c2ccccc2n1. The standard InChI is InChI=1S/C15H20N4/c1-15(9-5-6-10-15)19-13-11-7-3-4-8-12(11)17-14(16-2)18-13/h3-4,7-8H,5-6,9-10H2,1-2H3,(H2,16,17,18,19). The van der Waals surface area contributed by atoms with Gasteiger partial charge in [-0.15, -0.1) is 0 Å². The van der Waals surface area contributed by atoms with Crippen LogP contribution in [0.25, 0.3) is 10.9 Å². The molecule has 4 nitrogen and oxygen atoms in total. The Labute approximate surface area is 113 Å². The topological polar surface area (TPSA) is 49.8 Å². The Morgan fingerprint density at radius 3 is 2.58 bits per heavy atom. The first-order valence-corrected chi connectivity index (χ1v) is 6.93. The third kappa shape index (κ3) is 2.35. The summed E-state index contributed by atoms with van der Waals surface area (Å²) >= 11 is 0. The molecule has 0 saturated heterocycles. The molecule has 0 amide bonds. The van der Waals surface area contributed by atoms with Crippen LogP contribution in [0.15, 0.2) is 24.3 Å². The Bertz CT molecular complexity index is 588. The van der Waals surface area contributed by atoms with E-state index in [-0.39, 0.29) is 5.54 Å². The van der Waals surface area contributed by atoms with Crippen LogP contribution in [-0.2, 0) is 0 Å². The van der Waals surface area contributed by atoms with Crippen molar-refractivity contribution in [3.63, 3.8) is 0 Å². The number of benzene rings is 1. The molecule has 2 N–H and O–H groups in total. The zero-order valence-corrected chi connectivity index (χ0v) is 11.5. The maximum Gasteiger partial charge on any atom is 0.224 e. The van der Waals surface area contributed by atoms with E-state index in [2.05, 4.69) is 33.6 Å². The third-order valence-electron chi connectivity index (χ3n) is 3.95. The van der Waals surface area contributed by atoms with E-state index in [4.69, 9.17) is 0 Å². The Morgan fingerprint density at radius 1 is 1.11 bits per heavy atom. The summed E-state index contributed by atoms with van der Waals surface area (Å²) in [6, 6.07) is 8.15. The average Bonchev–Trinajstić information content (AvgIpc) is 2.85. The summed E-state index contributed by atoms with van der Waals surface area (Å²) in [5, 5.41) is 7.77. The van der Waals surface area contributed by atoms with E-state index in [0.29, 0.717) is 5.95 Å². The van der Waals surface area contributed by atoms with Crippen molar-refractivity contribution in [2.45, 2.75) is 38.1 Å². The van der Waals surface area contributed by atoms with Gasteiger partial charge >= 0.3 is 0 Å². The van der Waals surface area contributed by atoms with Crippen LogP contribution in [0.3, 0.4) is 0 Å². The van der Waals surface area contributed by atoms with E-state index < -0.39 is 0 Å². The van der Waals surface area contributed by atoms with Gasteiger partial charge in [-0.3, -0.25) is 0 Å². The normalized spacial score (nSPS) is 17.6. The highest BCUT2D eigenvalue weighted by atomic mass is 15.2. The molecule has 2 aromatic rings. The first-order chi connectivity index (χ1) is 9.20. The number of hydrogen-bond acceptors (Lipinski definition) is 4. The summed E-state index contributed by atoms with van der Waals surface area (Å²) in [5.41, 5.74) is 1.15. The smallest absolute Gasteiger partial charge is 0.224 e. The van der Waals surface area contributed by atoms with Gasteiger partial charge in [0.05, 0.1) is 5.52 Å². The molecular weight excluding hydrogens is 236 g/mol. The van der Waals surface area contributed by atoms with Gasteiger partial charge in [-0.05, 0) is 31.9 Å². The first-order valence-electron chi connectivity index (χ1n) is 6.93. The third-order valence-corrected chi connectivity index (χ3v) is 3.95. The second-order valence-electron chi connectivity index (χ2n) is 5.56. The molecule has 3 rings (SSSR count). The van der Waals surface area contributed by atoms with Crippen molar-refractivity contribution in [2.75, 3.05) is 17.7 Å². The summed E-state index contributed by atoms with van der Waals surface area (Å²) < 4.78 is 0. The molecule has 1 aliphatic carbocycles. The molecule has 0 bridgehead atoms. The number of aromatic nitrogens is 2. The van der Waals surface area contributed by atoms with Gasteiger partial charge in [0, 0.05) is 18.0 Å². The Balaban J connectivity index is 2.05. The molecule has 1 saturated carbocycles. The molecule has 1 fully saturated rings. The first kappa shape index (κ1) is 12.2. The lowest BCUT2D eigenvalue weighted by molar-refractivity contribution is 0.532. The summed E-state index contributed by atoms with van der Waals surface area (Å²) in [4.78, 5) is 9.08. The molecule has 4 heteroatoms. The van der Waals surface area contributed by atoms with E-state index in [1.54, 1.807) is 0 Å². The average molecular weight is 256 g/mol. The zero-order chi connectivity index (χ0) is 13.3. The van der Waals surface area contributed by atoms with Gasteiger partial charge in [0.15, 0.2) is 0 Å². The van der Waals surface area contributed by atoms with Crippen LogP contribution in [0.4, 0.5) is 11.8 Å². The summed E-state index contributed by atoms with van der Waals surface area (Å²) in [5.74, 6) is 1.61. The number of fused-ring (bicyclic) bond motifs is 1. The van der Waals surface area contributed by atoms with E-state index in [0.717, 1.165) is 16.7 Å². The van der Waals surface area contributed by atoms with E-state index in [1.165, 1.54) is 25.7 Å². The van der Waals surface area contributed by atoms with Crippen molar-refractivity contribution in [1.29, 1.82) is 0 Å². The molecule has 19 heavy (non-hydrogen) atoms. The maximum absolute atomic E-state index is 4.59. The van der Waals surface area contributed by atoms with Crippen molar-refractivity contribution >= 4 is 22.7 Å². The molecule has 0 radical (unpaired) electrons. The Hall–Kier alpha value is -1.84. The van der Waals surface area contributed by atoms with Crippen molar-refractivity contribution in [2.24, 2.45) is 0 Å². The minimum Gasteiger partial charge on any atom is -0.364 e. The number of nitrogens with one attached hydrogen (secondary N) is 2. The molecule has 1 aromatic carbocycles. The van der Waals surface area contributed by atoms with Crippen molar-refractivity contribution < 1.29 is 0 Å². The monoisotopic (exact) mass is 256 g/mol. The van der Waals surface area contributed by atoms with Crippen LogP contribution >= 0.6 is 0 Å². The minimum absolute atomic E-state index is 0.169. The predicted octanol–water partition coefficient (Wildman–Crippen LogP) is 3.42. The largest absolute Gasteiger partial charge is 0.364 e. The highest BCUT2D eigenvalue weighted by Crippen LogP contribution is 2.34. The fourth-order valence-corrected chi connectivity index (χ4v) is 2.85. The lowest BCUT2D eigenvalue weighted by Gasteiger charge is -2.26. The van der Waals surface area contributed by atoms with Gasteiger partial charge in [-0.1, -0.05) is 25.0 Å². The van der Waals surface area contributed by atoms with Crippen LogP contribution < -0.4 is 10.6 Å². The molecule has 0 spiro atoms. The summed E-state index contributed by atoms with van der Waals surface area (Å²) in [6.07, 6.45) is 5.01. The van der Waals surface area contributed by atoms with Crippen LogP contribution in [0, 0.1) is 0 Å². The highest BCUT2D eigenvalue weighted by molar-refractivity contribution is 5.90. The Kier molecular flexibility index (Phi) is 3.01. The number of rotatable bonds is 3. The predicted molar refractivity (Wildman–Crippen MR) is 79.6 cm³/mol. The van der Waals surface area contributed by atoms with Gasteiger partial charge in [0.1, 0.15) is 5.82 Å². The lowest BCUT2D eigenvalue weighted by Crippen LogP contribution is -2.31. The van der Waals surface area contributed by atoms with Crippen molar-refractivity contribution in [1.82, 2.24) is 9.97 Å². The van der Waals surface area contributed by atoms with Gasteiger partial charge < -0.3 is 10.6 Å². The quantitative estimate of drug-likeness (QED) is 0.883. The van der Waals surface area contributed by atoms with E-state index in [9.17, 15) is 0 Å². The molecule has 1 aliphatic rings. The lowest BCUT2D eigenvalue weighted by atomic mass is 10.0. The second-order valence-corrected chi connectivity index (χ2v) is 5.56. The number of anilines is 2. The molecule has 0 unspecified atom stereocenters. The zero-order valence-electron chi connectivity index (χ0n) is 11.5. The minimum atomic E-state index is 0.169. The molecule has 0 aliphatic heterocycles.